The average Bonchev–Trinajstić information content (AvgIpc) is 2.39. The third-order valence-corrected chi connectivity index (χ3v) is 2.68. The van der Waals surface area contributed by atoms with Crippen LogP contribution in [-0.2, 0) is 0 Å². The fourth-order valence-electron chi connectivity index (χ4n) is 1.77. The van der Waals surface area contributed by atoms with E-state index < -0.39 is 5.95 Å². The Morgan fingerprint density at radius 1 is 1.18 bits per heavy atom. The first-order chi connectivity index (χ1) is 8.29. The van der Waals surface area contributed by atoms with Crippen LogP contribution in [0.4, 0.5) is 10.1 Å². The van der Waals surface area contributed by atoms with Gasteiger partial charge in [0.1, 0.15) is 0 Å². The summed E-state index contributed by atoms with van der Waals surface area (Å²) in [5, 5.41) is 3.34. The van der Waals surface area contributed by atoms with Crippen molar-refractivity contribution in [1.29, 1.82) is 0 Å². The molecule has 0 spiro atoms. The number of rotatable bonds is 4. The van der Waals surface area contributed by atoms with Gasteiger partial charge in [-0.1, -0.05) is 37.3 Å². The molecule has 0 amide bonds. The highest BCUT2D eigenvalue weighted by molar-refractivity contribution is 5.43. The van der Waals surface area contributed by atoms with E-state index in [1.165, 1.54) is 17.8 Å². The van der Waals surface area contributed by atoms with Crippen LogP contribution in [0.3, 0.4) is 0 Å². The fraction of sp³-hybridized carbons (Fsp3) is 0.214. The fourth-order valence-corrected chi connectivity index (χ4v) is 1.77. The molecule has 0 bridgehead atoms. The second-order valence-electron chi connectivity index (χ2n) is 3.89. The van der Waals surface area contributed by atoms with Gasteiger partial charge in [0.2, 0.25) is 5.95 Å². The Balaban J connectivity index is 2.13. The molecule has 0 aliphatic rings. The van der Waals surface area contributed by atoms with Crippen molar-refractivity contribution in [3.63, 3.8) is 0 Å². The Labute approximate surface area is 101 Å². The topological polar surface area (TPSA) is 24.9 Å². The average molecular weight is 230 g/mol. The maximum Gasteiger partial charge on any atom is 0.212 e. The van der Waals surface area contributed by atoms with Crippen LogP contribution in [-0.4, -0.2) is 4.98 Å². The summed E-state index contributed by atoms with van der Waals surface area (Å²) in [5.74, 6) is -0.455. The number of anilines is 1. The molecule has 1 aromatic heterocycles. The van der Waals surface area contributed by atoms with Crippen molar-refractivity contribution in [3.8, 4) is 0 Å². The van der Waals surface area contributed by atoms with Gasteiger partial charge in [-0.3, -0.25) is 0 Å². The monoisotopic (exact) mass is 230 g/mol. The van der Waals surface area contributed by atoms with Crippen LogP contribution in [0, 0.1) is 5.95 Å². The molecule has 2 rings (SSSR count). The molecule has 1 aromatic carbocycles. The number of aromatic nitrogens is 1. The standard InChI is InChI=1S/C14H15FN2/c1-2-13(11-6-4-3-5-7-11)17-12-8-9-14(15)16-10-12/h3-10,13,17H,2H2,1H3. The highest BCUT2D eigenvalue weighted by atomic mass is 19.1. The van der Waals surface area contributed by atoms with Gasteiger partial charge in [-0.2, -0.15) is 4.39 Å². The van der Waals surface area contributed by atoms with E-state index in [2.05, 4.69) is 29.4 Å². The number of halogens is 1. The lowest BCUT2D eigenvalue weighted by molar-refractivity contribution is 0.583. The minimum Gasteiger partial charge on any atom is -0.377 e. The Bertz CT molecular complexity index is 453. The zero-order chi connectivity index (χ0) is 12.1. The quantitative estimate of drug-likeness (QED) is 0.808. The van der Waals surface area contributed by atoms with Crippen molar-refractivity contribution < 1.29 is 4.39 Å². The van der Waals surface area contributed by atoms with Gasteiger partial charge in [0, 0.05) is 0 Å². The molecule has 1 N–H and O–H groups in total. The summed E-state index contributed by atoms with van der Waals surface area (Å²) in [6.07, 6.45) is 2.47. The molecule has 1 heterocycles. The molecule has 1 unspecified atom stereocenters. The predicted molar refractivity (Wildman–Crippen MR) is 67.3 cm³/mol. The zero-order valence-corrected chi connectivity index (χ0v) is 9.73. The molecular weight excluding hydrogens is 215 g/mol. The number of hydrogen-bond acceptors (Lipinski definition) is 2. The number of hydrogen-bond donors (Lipinski definition) is 1. The second kappa shape index (κ2) is 5.43. The van der Waals surface area contributed by atoms with Crippen molar-refractivity contribution in [3.05, 3.63) is 60.2 Å². The number of pyridine rings is 1. The van der Waals surface area contributed by atoms with E-state index in [0.717, 1.165) is 12.1 Å². The van der Waals surface area contributed by atoms with Crippen LogP contribution in [0.15, 0.2) is 48.7 Å². The lowest BCUT2D eigenvalue weighted by atomic mass is 10.0. The van der Waals surface area contributed by atoms with Gasteiger partial charge in [-0.05, 0) is 24.1 Å². The van der Waals surface area contributed by atoms with E-state index in [-0.39, 0.29) is 6.04 Å². The van der Waals surface area contributed by atoms with Crippen LogP contribution in [0.5, 0.6) is 0 Å². The van der Waals surface area contributed by atoms with E-state index in [1.54, 1.807) is 6.07 Å². The summed E-state index contributed by atoms with van der Waals surface area (Å²) < 4.78 is 12.7. The largest absolute Gasteiger partial charge is 0.377 e. The Kier molecular flexibility index (Phi) is 3.70. The van der Waals surface area contributed by atoms with Gasteiger partial charge in [0.15, 0.2) is 0 Å². The maximum absolute atomic E-state index is 12.7. The molecule has 0 saturated carbocycles. The van der Waals surface area contributed by atoms with Gasteiger partial charge in [0.25, 0.3) is 0 Å². The lowest BCUT2D eigenvalue weighted by Gasteiger charge is -2.18. The van der Waals surface area contributed by atoms with E-state index in [1.807, 2.05) is 18.2 Å². The Hall–Kier alpha value is -1.90. The first-order valence-electron chi connectivity index (χ1n) is 5.72. The van der Waals surface area contributed by atoms with Gasteiger partial charge in [-0.15, -0.1) is 0 Å². The Morgan fingerprint density at radius 2 is 1.94 bits per heavy atom. The third-order valence-electron chi connectivity index (χ3n) is 2.68. The molecule has 88 valence electrons. The molecule has 0 aliphatic carbocycles. The van der Waals surface area contributed by atoms with Crippen LogP contribution in [0.1, 0.15) is 24.9 Å². The van der Waals surface area contributed by atoms with Crippen LogP contribution < -0.4 is 5.32 Å². The molecule has 0 aliphatic heterocycles. The molecule has 17 heavy (non-hydrogen) atoms. The van der Waals surface area contributed by atoms with Crippen molar-refractivity contribution in [2.75, 3.05) is 5.32 Å². The molecule has 0 fully saturated rings. The smallest absolute Gasteiger partial charge is 0.212 e. The summed E-state index contributed by atoms with van der Waals surface area (Å²) in [7, 11) is 0. The molecule has 3 heteroatoms. The predicted octanol–water partition coefficient (Wildman–Crippen LogP) is 3.78. The number of benzene rings is 1. The molecule has 0 saturated heterocycles. The zero-order valence-electron chi connectivity index (χ0n) is 9.73. The minimum absolute atomic E-state index is 0.225. The molecule has 1 atom stereocenters. The summed E-state index contributed by atoms with van der Waals surface area (Å²) in [5.41, 5.74) is 2.06. The van der Waals surface area contributed by atoms with Crippen LogP contribution in [0.25, 0.3) is 0 Å². The van der Waals surface area contributed by atoms with E-state index in [0.29, 0.717) is 0 Å². The minimum atomic E-state index is -0.455. The second-order valence-corrected chi connectivity index (χ2v) is 3.89. The van der Waals surface area contributed by atoms with Crippen molar-refractivity contribution >= 4 is 5.69 Å². The normalized spacial score (nSPS) is 12.1. The number of nitrogens with zero attached hydrogens (tertiary/aromatic N) is 1. The van der Waals surface area contributed by atoms with Crippen molar-refractivity contribution in [1.82, 2.24) is 4.98 Å². The summed E-state index contributed by atoms with van der Waals surface area (Å²) in [6.45, 7) is 2.11. The van der Waals surface area contributed by atoms with Crippen LogP contribution in [0.2, 0.25) is 0 Å². The molecule has 0 radical (unpaired) electrons. The molecule has 2 aromatic rings. The number of nitrogens with one attached hydrogen (secondary N) is 1. The highest BCUT2D eigenvalue weighted by Crippen LogP contribution is 2.21. The SMILES string of the molecule is CCC(Nc1ccc(F)nc1)c1ccccc1. The summed E-state index contributed by atoms with van der Waals surface area (Å²) in [6, 6.07) is 13.5. The van der Waals surface area contributed by atoms with E-state index in [9.17, 15) is 4.39 Å². The van der Waals surface area contributed by atoms with Gasteiger partial charge in [-0.25, -0.2) is 4.98 Å². The Morgan fingerprint density at radius 3 is 2.53 bits per heavy atom. The van der Waals surface area contributed by atoms with Crippen molar-refractivity contribution in [2.24, 2.45) is 0 Å². The third kappa shape index (κ3) is 3.03. The van der Waals surface area contributed by atoms with Gasteiger partial charge >= 0.3 is 0 Å². The lowest BCUT2D eigenvalue weighted by Crippen LogP contribution is -2.09. The summed E-state index contributed by atoms with van der Waals surface area (Å²) in [4.78, 5) is 3.63. The summed E-state index contributed by atoms with van der Waals surface area (Å²) >= 11 is 0. The first-order valence-corrected chi connectivity index (χ1v) is 5.72. The van der Waals surface area contributed by atoms with Gasteiger partial charge < -0.3 is 5.32 Å². The first kappa shape index (κ1) is 11.6. The van der Waals surface area contributed by atoms with E-state index >= 15 is 0 Å². The molecular formula is C14H15FN2. The van der Waals surface area contributed by atoms with E-state index in [4.69, 9.17) is 0 Å². The van der Waals surface area contributed by atoms with Gasteiger partial charge in [0.05, 0.1) is 17.9 Å². The maximum atomic E-state index is 12.7. The molecule has 2 nitrogen and oxygen atoms in total. The highest BCUT2D eigenvalue weighted by Gasteiger charge is 2.08. The van der Waals surface area contributed by atoms with Crippen molar-refractivity contribution in [2.45, 2.75) is 19.4 Å². The van der Waals surface area contributed by atoms with Crippen LogP contribution >= 0.6 is 0 Å².